The number of nitrogens with one attached hydrogen (secondary N) is 1. The first-order valence-electron chi connectivity index (χ1n) is 9.88. The molecular weight excluding hydrogens is 322 g/mol. The molecule has 136 valence electrons. The van der Waals surface area contributed by atoms with Crippen LogP contribution in [-0.4, -0.2) is 25.9 Å². The number of hydrogen-bond acceptors (Lipinski definition) is 4. The summed E-state index contributed by atoms with van der Waals surface area (Å²) in [6, 6.07) is 3.98. The van der Waals surface area contributed by atoms with Crippen LogP contribution in [0.4, 0.5) is 5.82 Å². The van der Waals surface area contributed by atoms with Gasteiger partial charge in [-0.15, -0.1) is 0 Å². The zero-order chi connectivity index (χ0) is 17.6. The van der Waals surface area contributed by atoms with Crippen molar-refractivity contribution in [3.05, 3.63) is 43.1 Å². The lowest BCUT2D eigenvalue weighted by Gasteiger charge is -2.20. The van der Waals surface area contributed by atoms with E-state index in [4.69, 9.17) is 4.98 Å². The smallest absolute Gasteiger partial charge is 0.180 e. The van der Waals surface area contributed by atoms with Gasteiger partial charge in [0.25, 0.3) is 0 Å². The Labute approximate surface area is 154 Å². The van der Waals surface area contributed by atoms with Gasteiger partial charge in [0.15, 0.2) is 11.5 Å². The Hall–Kier alpha value is -2.43. The molecule has 3 aromatic rings. The monoisotopic (exact) mass is 349 g/mol. The zero-order valence-corrected chi connectivity index (χ0v) is 15.3. The van der Waals surface area contributed by atoms with E-state index >= 15 is 0 Å². The maximum Gasteiger partial charge on any atom is 0.180 e. The molecule has 0 spiro atoms. The van der Waals surface area contributed by atoms with E-state index in [9.17, 15) is 0 Å². The molecule has 1 N–H and O–H groups in total. The quantitative estimate of drug-likeness (QED) is 0.708. The number of pyridine rings is 1. The van der Waals surface area contributed by atoms with Gasteiger partial charge in [0.1, 0.15) is 0 Å². The molecule has 0 unspecified atom stereocenters. The van der Waals surface area contributed by atoms with E-state index in [1.165, 1.54) is 51.4 Å². The predicted octanol–water partition coefficient (Wildman–Crippen LogP) is 4.95. The lowest BCUT2D eigenvalue weighted by Crippen LogP contribution is -2.12. The van der Waals surface area contributed by atoms with Crippen LogP contribution in [0.15, 0.2) is 43.1 Å². The number of aromatic nitrogens is 4. The van der Waals surface area contributed by atoms with Crippen LogP contribution < -0.4 is 5.32 Å². The predicted molar refractivity (Wildman–Crippen MR) is 105 cm³/mol. The van der Waals surface area contributed by atoms with E-state index in [-0.39, 0.29) is 0 Å². The highest BCUT2D eigenvalue weighted by Crippen LogP contribution is 2.25. The highest BCUT2D eigenvalue weighted by atomic mass is 15.1. The van der Waals surface area contributed by atoms with Crippen molar-refractivity contribution in [1.82, 2.24) is 19.4 Å². The van der Waals surface area contributed by atoms with Crippen LogP contribution in [-0.2, 0) is 0 Å². The molecule has 1 saturated carbocycles. The number of imidazole rings is 1. The van der Waals surface area contributed by atoms with E-state index in [0.29, 0.717) is 0 Å². The SMILES string of the molecule is c1cncc(-c2cn3ccnc3c(NCCC3CCCCCCC3)n2)c1. The third-order valence-corrected chi connectivity index (χ3v) is 5.40. The topological polar surface area (TPSA) is 55.1 Å². The van der Waals surface area contributed by atoms with Crippen molar-refractivity contribution in [2.24, 2.45) is 5.92 Å². The van der Waals surface area contributed by atoms with Crippen LogP contribution >= 0.6 is 0 Å². The third kappa shape index (κ3) is 4.03. The Kier molecular flexibility index (Phi) is 5.43. The van der Waals surface area contributed by atoms with E-state index in [2.05, 4.69) is 15.3 Å². The fourth-order valence-corrected chi connectivity index (χ4v) is 3.93. The molecule has 0 bridgehead atoms. The summed E-state index contributed by atoms with van der Waals surface area (Å²) in [5.41, 5.74) is 2.82. The average Bonchev–Trinajstić information content (AvgIpc) is 3.13. The van der Waals surface area contributed by atoms with Gasteiger partial charge in [-0.25, -0.2) is 9.97 Å². The molecule has 5 heteroatoms. The molecule has 1 fully saturated rings. The summed E-state index contributed by atoms with van der Waals surface area (Å²) in [5.74, 6) is 1.71. The summed E-state index contributed by atoms with van der Waals surface area (Å²) >= 11 is 0. The van der Waals surface area contributed by atoms with Crippen molar-refractivity contribution in [2.75, 3.05) is 11.9 Å². The number of fused-ring (bicyclic) bond motifs is 1. The first kappa shape index (κ1) is 17.0. The lowest BCUT2D eigenvalue weighted by atomic mass is 9.89. The van der Waals surface area contributed by atoms with Crippen LogP contribution in [0.3, 0.4) is 0 Å². The largest absolute Gasteiger partial charge is 0.367 e. The molecule has 0 saturated heterocycles. The minimum atomic E-state index is 0.847. The molecule has 1 aliphatic rings. The van der Waals surface area contributed by atoms with E-state index < -0.39 is 0 Å². The summed E-state index contributed by atoms with van der Waals surface area (Å²) in [6.45, 7) is 0.955. The van der Waals surface area contributed by atoms with E-state index in [0.717, 1.165) is 35.2 Å². The van der Waals surface area contributed by atoms with Crippen molar-refractivity contribution in [2.45, 2.75) is 51.4 Å². The molecule has 26 heavy (non-hydrogen) atoms. The number of hydrogen-bond donors (Lipinski definition) is 1. The molecular formula is C21H27N5. The Balaban J connectivity index is 1.47. The van der Waals surface area contributed by atoms with Crippen LogP contribution in [0.5, 0.6) is 0 Å². The fraction of sp³-hybridized carbons (Fsp3) is 0.476. The van der Waals surface area contributed by atoms with Crippen molar-refractivity contribution >= 4 is 11.5 Å². The van der Waals surface area contributed by atoms with Crippen LogP contribution in [0.2, 0.25) is 0 Å². The minimum absolute atomic E-state index is 0.847. The molecule has 3 aromatic heterocycles. The molecule has 0 aromatic carbocycles. The fourth-order valence-electron chi connectivity index (χ4n) is 3.93. The zero-order valence-electron chi connectivity index (χ0n) is 15.3. The van der Waals surface area contributed by atoms with Gasteiger partial charge < -0.3 is 9.72 Å². The Bertz CT molecular complexity index is 819. The average molecular weight is 349 g/mol. The molecule has 5 nitrogen and oxygen atoms in total. The first-order valence-corrected chi connectivity index (χ1v) is 9.88. The minimum Gasteiger partial charge on any atom is -0.367 e. The second-order valence-electron chi connectivity index (χ2n) is 7.30. The second kappa shape index (κ2) is 8.30. The summed E-state index contributed by atoms with van der Waals surface area (Å²) in [4.78, 5) is 13.5. The highest BCUT2D eigenvalue weighted by Gasteiger charge is 2.13. The molecule has 0 atom stereocenters. The Morgan fingerprint density at radius 2 is 1.92 bits per heavy atom. The molecule has 3 heterocycles. The molecule has 1 aliphatic carbocycles. The van der Waals surface area contributed by atoms with Crippen molar-refractivity contribution in [3.8, 4) is 11.3 Å². The van der Waals surface area contributed by atoms with Gasteiger partial charge >= 0.3 is 0 Å². The molecule has 0 radical (unpaired) electrons. The molecule has 4 rings (SSSR count). The summed E-state index contributed by atoms with van der Waals surface area (Å²) in [5, 5.41) is 3.55. The molecule has 0 aliphatic heterocycles. The van der Waals surface area contributed by atoms with Crippen molar-refractivity contribution in [3.63, 3.8) is 0 Å². The molecule has 0 amide bonds. The summed E-state index contributed by atoms with van der Waals surface area (Å²) in [6.07, 6.45) is 20.4. The Morgan fingerprint density at radius 3 is 2.73 bits per heavy atom. The van der Waals surface area contributed by atoms with Crippen molar-refractivity contribution in [1.29, 1.82) is 0 Å². The standard InChI is InChI=1S/C21H27N5/c1-2-4-7-17(8-5-3-1)10-12-23-20-21-24-13-14-26(21)16-19(25-20)18-9-6-11-22-15-18/h6,9,11,13-17H,1-5,7-8,10,12H2,(H,23,25). The van der Waals surface area contributed by atoms with Crippen LogP contribution in [0.1, 0.15) is 51.4 Å². The maximum absolute atomic E-state index is 4.83. The number of anilines is 1. The van der Waals surface area contributed by atoms with Gasteiger partial charge in [-0.2, -0.15) is 0 Å². The van der Waals surface area contributed by atoms with Gasteiger partial charge in [0.05, 0.1) is 5.69 Å². The third-order valence-electron chi connectivity index (χ3n) is 5.40. The van der Waals surface area contributed by atoms with Crippen LogP contribution in [0, 0.1) is 5.92 Å². The summed E-state index contributed by atoms with van der Waals surface area (Å²) < 4.78 is 2.04. The van der Waals surface area contributed by atoms with Gasteiger partial charge in [0.2, 0.25) is 0 Å². The summed E-state index contributed by atoms with van der Waals surface area (Å²) in [7, 11) is 0. The maximum atomic E-state index is 4.83. The first-order chi connectivity index (χ1) is 12.9. The normalized spacial score (nSPS) is 16.3. The van der Waals surface area contributed by atoms with Crippen LogP contribution in [0.25, 0.3) is 16.9 Å². The number of nitrogens with zero attached hydrogens (tertiary/aromatic N) is 4. The van der Waals surface area contributed by atoms with Gasteiger partial charge in [0, 0.05) is 43.1 Å². The second-order valence-corrected chi connectivity index (χ2v) is 7.30. The van der Waals surface area contributed by atoms with Gasteiger partial charge in [-0.3, -0.25) is 4.98 Å². The van der Waals surface area contributed by atoms with Gasteiger partial charge in [-0.1, -0.05) is 44.9 Å². The highest BCUT2D eigenvalue weighted by molar-refractivity contribution is 5.68. The lowest BCUT2D eigenvalue weighted by molar-refractivity contribution is 0.365. The van der Waals surface area contributed by atoms with E-state index in [1.807, 2.05) is 41.3 Å². The van der Waals surface area contributed by atoms with E-state index in [1.54, 1.807) is 6.20 Å². The Morgan fingerprint density at radius 1 is 1.08 bits per heavy atom. The number of rotatable bonds is 5. The van der Waals surface area contributed by atoms with Crippen molar-refractivity contribution < 1.29 is 0 Å². The van der Waals surface area contributed by atoms with Gasteiger partial charge in [-0.05, 0) is 24.5 Å².